The first-order valence-corrected chi connectivity index (χ1v) is 5.92. The van der Waals surface area contributed by atoms with Crippen LogP contribution < -0.4 is 10.6 Å². The molecular weight excluding hydrogens is 200 g/mol. The molecule has 88 valence electrons. The molecule has 2 rings (SSSR count). The summed E-state index contributed by atoms with van der Waals surface area (Å²) in [6.07, 6.45) is 1.41. The van der Waals surface area contributed by atoms with Crippen molar-refractivity contribution in [3.8, 4) is 0 Å². The Morgan fingerprint density at radius 3 is 3.00 bits per heavy atom. The second-order valence-electron chi connectivity index (χ2n) is 4.54. The Labute approximate surface area is 97.2 Å². The molecule has 0 spiro atoms. The van der Waals surface area contributed by atoms with Crippen LogP contribution >= 0.6 is 0 Å². The van der Waals surface area contributed by atoms with Crippen molar-refractivity contribution in [2.45, 2.75) is 26.4 Å². The third-order valence-electron chi connectivity index (χ3n) is 2.91. The fourth-order valence-corrected chi connectivity index (χ4v) is 2.12. The summed E-state index contributed by atoms with van der Waals surface area (Å²) in [5.41, 5.74) is 9.32. The van der Waals surface area contributed by atoms with Crippen LogP contribution in [0.15, 0.2) is 18.2 Å². The molecular formula is C13H20N2O. The van der Waals surface area contributed by atoms with E-state index >= 15 is 0 Å². The molecule has 1 aliphatic rings. The van der Waals surface area contributed by atoms with E-state index in [9.17, 15) is 0 Å². The number of rotatable bonds is 4. The topological polar surface area (TPSA) is 38.5 Å². The average Bonchev–Trinajstić information content (AvgIpc) is 2.60. The lowest BCUT2D eigenvalue weighted by molar-refractivity contribution is 0.0843. The molecule has 0 fully saturated rings. The van der Waals surface area contributed by atoms with Gasteiger partial charge in [0.05, 0.1) is 12.7 Å². The molecule has 16 heavy (non-hydrogen) atoms. The third-order valence-corrected chi connectivity index (χ3v) is 2.91. The summed E-state index contributed by atoms with van der Waals surface area (Å²) in [6.45, 7) is 6.98. The number of fused-ring (bicyclic) bond motifs is 1. The molecule has 0 aromatic heterocycles. The summed E-state index contributed by atoms with van der Waals surface area (Å²) in [5, 5.41) is 0. The van der Waals surface area contributed by atoms with Crippen LogP contribution in [0.5, 0.6) is 0 Å². The van der Waals surface area contributed by atoms with Gasteiger partial charge in [-0.15, -0.1) is 0 Å². The number of hydrogen-bond donors (Lipinski definition) is 1. The minimum absolute atomic E-state index is 0.313. The highest BCUT2D eigenvalue weighted by Crippen LogP contribution is 2.29. The Morgan fingerprint density at radius 1 is 1.44 bits per heavy atom. The fourth-order valence-electron chi connectivity index (χ4n) is 2.12. The van der Waals surface area contributed by atoms with Gasteiger partial charge < -0.3 is 15.4 Å². The van der Waals surface area contributed by atoms with Gasteiger partial charge in [-0.25, -0.2) is 0 Å². The van der Waals surface area contributed by atoms with Crippen molar-refractivity contribution in [3.05, 3.63) is 23.8 Å². The van der Waals surface area contributed by atoms with Crippen LogP contribution in [0.1, 0.15) is 19.4 Å². The minimum Gasteiger partial charge on any atom is -0.399 e. The van der Waals surface area contributed by atoms with Crippen LogP contribution in [-0.4, -0.2) is 25.8 Å². The Hall–Kier alpha value is -1.22. The lowest BCUT2D eigenvalue weighted by atomic mass is 10.1. The molecule has 2 N–H and O–H groups in total. The first-order valence-electron chi connectivity index (χ1n) is 5.92. The highest BCUT2D eigenvalue weighted by molar-refractivity contribution is 5.62. The number of nitrogen functional groups attached to an aromatic ring is 1. The molecule has 0 aliphatic carbocycles. The molecule has 0 saturated carbocycles. The van der Waals surface area contributed by atoms with E-state index in [1.807, 2.05) is 6.07 Å². The van der Waals surface area contributed by atoms with Crippen molar-refractivity contribution in [1.29, 1.82) is 0 Å². The second-order valence-corrected chi connectivity index (χ2v) is 4.54. The van der Waals surface area contributed by atoms with Crippen molar-refractivity contribution < 1.29 is 4.74 Å². The summed E-state index contributed by atoms with van der Waals surface area (Å²) in [6, 6.07) is 6.17. The van der Waals surface area contributed by atoms with Crippen LogP contribution in [0.2, 0.25) is 0 Å². The van der Waals surface area contributed by atoms with E-state index in [1.165, 1.54) is 11.3 Å². The van der Waals surface area contributed by atoms with Gasteiger partial charge in [-0.2, -0.15) is 0 Å². The Morgan fingerprint density at radius 2 is 2.25 bits per heavy atom. The normalized spacial score (nSPS) is 14.6. The van der Waals surface area contributed by atoms with Gasteiger partial charge in [-0.3, -0.25) is 0 Å². The highest BCUT2D eigenvalue weighted by atomic mass is 16.5. The number of anilines is 2. The highest BCUT2D eigenvalue weighted by Gasteiger charge is 2.18. The molecule has 0 atom stereocenters. The number of hydrogen-bond acceptors (Lipinski definition) is 3. The molecule has 0 bridgehead atoms. The van der Waals surface area contributed by atoms with Crippen molar-refractivity contribution >= 4 is 11.4 Å². The van der Waals surface area contributed by atoms with Crippen molar-refractivity contribution in [2.75, 3.05) is 30.3 Å². The molecule has 3 nitrogen and oxygen atoms in total. The van der Waals surface area contributed by atoms with Crippen LogP contribution in [-0.2, 0) is 11.2 Å². The number of ether oxygens (including phenoxy) is 1. The van der Waals surface area contributed by atoms with E-state index in [0.29, 0.717) is 6.10 Å². The smallest absolute Gasteiger partial charge is 0.0645 e. The van der Waals surface area contributed by atoms with E-state index < -0.39 is 0 Å². The molecule has 1 aromatic rings. The molecule has 0 unspecified atom stereocenters. The summed E-state index contributed by atoms with van der Waals surface area (Å²) in [4.78, 5) is 2.37. The first-order chi connectivity index (χ1) is 7.66. The van der Waals surface area contributed by atoms with Gasteiger partial charge >= 0.3 is 0 Å². The lowest BCUT2D eigenvalue weighted by Gasteiger charge is -2.20. The molecule has 1 heterocycles. The van der Waals surface area contributed by atoms with Gasteiger partial charge in [0.2, 0.25) is 0 Å². The summed E-state index contributed by atoms with van der Waals surface area (Å²) < 4.78 is 5.58. The first kappa shape index (κ1) is 11.3. The number of benzene rings is 1. The second kappa shape index (κ2) is 4.74. The SMILES string of the molecule is CC(C)OCCN1CCc2cc(N)ccc21. The van der Waals surface area contributed by atoms with Crippen molar-refractivity contribution in [1.82, 2.24) is 0 Å². The number of nitrogens with two attached hydrogens (primary N) is 1. The van der Waals surface area contributed by atoms with Gasteiger partial charge in [0.25, 0.3) is 0 Å². The molecule has 3 heteroatoms. The lowest BCUT2D eigenvalue weighted by Crippen LogP contribution is -2.26. The van der Waals surface area contributed by atoms with Gasteiger partial charge in [0, 0.05) is 24.5 Å². The van der Waals surface area contributed by atoms with E-state index in [4.69, 9.17) is 10.5 Å². The Bertz CT molecular complexity index is 363. The maximum Gasteiger partial charge on any atom is 0.0645 e. The predicted octanol–water partition coefficient (Wildman–Crippen LogP) is 2.06. The number of nitrogens with zero attached hydrogens (tertiary/aromatic N) is 1. The van der Waals surface area contributed by atoms with Gasteiger partial charge in [-0.1, -0.05) is 0 Å². The van der Waals surface area contributed by atoms with E-state index in [-0.39, 0.29) is 0 Å². The fraction of sp³-hybridized carbons (Fsp3) is 0.538. The van der Waals surface area contributed by atoms with Crippen LogP contribution in [0.25, 0.3) is 0 Å². The summed E-state index contributed by atoms with van der Waals surface area (Å²) >= 11 is 0. The molecule has 0 saturated heterocycles. The van der Waals surface area contributed by atoms with Gasteiger partial charge in [-0.05, 0) is 44.0 Å². The van der Waals surface area contributed by atoms with Crippen molar-refractivity contribution in [2.24, 2.45) is 0 Å². The van der Waals surface area contributed by atoms with Crippen LogP contribution in [0.3, 0.4) is 0 Å². The van der Waals surface area contributed by atoms with Gasteiger partial charge in [0.1, 0.15) is 0 Å². The zero-order chi connectivity index (χ0) is 11.5. The van der Waals surface area contributed by atoms with E-state index in [0.717, 1.165) is 31.8 Å². The van der Waals surface area contributed by atoms with Crippen LogP contribution in [0.4, 0.5) is 11.4 Å². The van der Waals surface area contributed by atoms with E-state index in [1.54, 1.807) is 0 Å². The Balaban J connectivity index is 1.95. The van der Waals surface area contributed by atoms with Crippen molar-refractivity contribution in [3.63, 3.8) is 0 Å². The zero-order valence-corrected chi connectivity index (χ0v) is 10.1. The van der Waals surface area contributed by atoms with E-state index in [2.05, 4.69) is 30.9 Å². The van der Waals surface area contributed by atoms with Gasteiger partial charge in [0.15, 0.2) is 0 Å². The summed E-state index contributed by atoms with van der Waals surface area (Å²) in [5.74, 6) is 0. The minimum atomic E-state index is 0.313. The predicted molar refractivity (Wildman–Crippen MR) is 67.9 cm³/mol. The molecule has 0 radical (unpaired) electrons. The molecule has 1 aromatic carbocycles. The summed E-state index contributed by atoms with van der Waals surface area (Å²) in [7, 11) is 0. The largest absolute Gasteiger partial charge is 0.399 e. The zero-order valence-electron chi connectivity index (χ0n) is 10.1. The third kappa shape index (κ3) is 2.47. The maximum atomic E-state index is 5.77. The molecule has 1 aliphatic heterocycles. The monoisotopic (exact) mass is 220 g/mol. The quantitative estimate of drug-likeness (QED) is 0.789. The maximum absolute atomic E-state index is 5.77. The Kier molecular flexibility index (Phi) is 3.34. The molecule has 0 amide bonds. The standard InChI is InChI=1S/C13H20N2O/c1-10(2)16-8-7-15-6-5-11-9-12(14)3-4-13(11)15/h3-4,9-10H,5-8,14H2,1-2H3. The van der Waals surface area contributed by atoms with Crippen LogP contribution in [0, 0.1) is 0 Å². The average molecular weight is 220 g/mol.